The number of hydrogen-bond donors (Lipinski definition) is 1. The molecule has 0 spiro atoms. The Morgan fingerprint density at radius 1 is 0.886 bits per heavy atom. The third-order valence-corrected chi connectivity index (χ3v) is 8.55. The molecule has 0 unspecified atom stereocenters. The molecule has 0 radical (unpaired) electrons. The van der Waals surface area contributed by atoms with Crippen molar-refractivity contribution in [3.63, 3.8) is 0 Å². The quantitative estimate of drug-likeness (QED) is 0.136. The highest BCUT2D eigenvalue weighted by molar-refractivity contribution is 7.98. The monoisotopic (exact) mass is 620 g/mol. The van der Waals surface area contributed by atoms with Crippen LogP contribution in [0.1, 0.15) is 36.1 Å². The molecule has 1 N–H and O–H groups in total. The van der Waals surface area contributed by atoms with Gasteiger partial charge in [0.2, 0.25) is 5.91 Å². The Balaban J connectivity index is 1.55. The van der Waals surface area contributed by atoms with Crippen LogP contribution in [0.2, 0.25) is 0 Å². The number of alkyl halides is 1. The molecule has 0 aliphatic rings. The number of rotatable bonds is 15. The Hall–Kier alpha value is -3.86. The van der Waals surface area contributed by atoms with Crippen LogP contribution in [0.3, 0.4) is 0 Å². The van der Waals surface area contributed by atoms with Crippen molar-refractivity contribution in [1.82, 2.24) is 19.4 Å². The first kappa shape index (κ1) is 33.0. The van der Waals surface area contributed by atoms with Crippen molar-refractivity contribution in [3.05, 3.63) is 117 Å². The van der Waals surface area contributed by atoms with Crippen LogP contribution in [0.5, 0.6) is 0 Å². The first-order valence-electron chi connectivity index (χ1n) is 14.7. The number of aromatic nitrogens is 2. The third-order valence-electron chi connectivity index (χ3n) is 7.49. The summed E-state index contributed by atoms with van der Waals surface area (Å²) in [6, 6.07) is 21.4. The minimum absolute atomic E-state index is 0.0662. The van der Waals surface area contributed by atoms with E-state index in [-0.39, 0.29) is 23.8 Å². The van der Waals surface area contributed by atoms with Crippen molar-refractivity contribution >= 4 is 17.7 Å². The lowest BCUT2D eigenvalue weighted by atomic mass is 10.0. The number of aliphatic hydroxyl groups excluding tert-OH is 1. The number of nitrogens with zero attached hydrogens (tertiary/aromatic N) is 4. The SMILES string of the molecule is CCN(CC)CCN(Cc1ccc(-c2ccc(CF)cc2)cc1)C(=O)Cn1cc(CO)c(=O)nc1SCc1ccc(F)cc1. The van der Waals surface area contributed by atoms with E-state index >= 15 is 0 Å². The predicted molar refractivity (Wildman–Crippen MR) is 170 cm³/mol. The second-order valence-corrected chi connectivity index (χ2v) is 11.4. The van der Waals surface area contributed by atoms with Crippen LogP contribution in [0.15, 0.2) is 88.9 Å². The van der Waals surface area contributed by atoms with Gasteiger partial charge in [-0.15, -0.1) is 0 Å². The number of aliphatic hydroxyl groups is 1. The lowest BCUT2D eigenvalue weighted by Gasteiger charge is -2.27. The largest absolute Gasteiger partial charge is 0.391 e. The minimum atomic E-state index is -0.546. The Bertz CT molecular complexity index is 1560. The molecule has 0 saturated heterocycles. The van der Waals surface area contributed by atoms with Crippen LogP contribution in [0, 0.1) is 5.82 Å². The average molecular weight is 621 g/mol. The van der Waals surface area contributed by atoms with Gasteiger partial charge in [-0.2, -0.15) is 4.98 Å². The Kier molecular flexibility index (Phi) is 12.2. The van der Waals surface area contributed by atoms with Gasteiger partial charge in [-0.25, -0.2) is 8.78 Å². The van der Waals surface area contributed by atoms with Gasteiger partial charge in [0.25, 0.3) is 5.56 Å². The summed E-state index contributed by atoms with van der Waals surface area (Å²) in [5.41, 5.74) is 3.98. The number of benzene rings is 3. The lowest BCUT2D eigenvalue weighted by Crippen LogP contribution is -2.40. The van der Waals surface area contributed by atoms with Gasteiger partial charge in [0.05, 0.1) is 12.2 Å². The van der Waals surface area contributed by atoms with Crippen molar-refractivity contribution in [3.8, 4) is 11.1 Å². The fourth-order valence-electron chi connectivity index (χ4n) is 4.74. The van der Waals surface area contributed by atoms with E-state index in [1.54, 1.807) is 33.7 Å². The molecule has 7 nitrogen and oxygen atoms in total. The molecule has 1 heterocycles. The molecular formula is C34H38F2N4O3S. The standard InChI is InChI=1S/C34H38F2N4O3S/c1-3-38(4-2)17-18-39(20-26-7-13-29(14-8-26)28-11-5-25(19-35)6-12-28)32(42)22-40-21-30(23-41)33(43)37-34(40)44-24-27-9-15-31(36)16-10-27/h5-16,21,41H,3-4,17-20,22-24H2,1-2H3. The molecule has 10 heteroatoms. The second-order valence-electron chi connectivity index (χ2n) is 10.4. The molecule has 3 aromatic carbocycles. The molecule has 0 aliphatic heterocycles. The van der Waals surface area contributed by atoms with Crippen LogP contribution in [0.4, 0.5) is 8.78 Å². The Morgan fingerprint density at radius 2 is 1.48 bits per heavy atom. The minimum Gasteiger partial charge on any atom is -0.391 e. The van der Waals surface area contributed by atoms with E-state index in [4.69, 9.17) is 0 Å². The van der Waals surface area contributed by atoms with E-state index in [1.807, 2.05) is 36.4 Å². The summed E-state index contributed by atoms with van der Waals surface area (Å²) >= 11 is 1.27. The van der Waals surface area contributed by atoms with Crippen LogP contribution in [-0.2, 0) is 36.9 Å². The molecule has 0 saturated carbocycles. The first-order chi connectivity index (χ1) is 21.3. The van der Waals surface area contributed by atoms with E-state index in [0.717, 1.165) is 35.3 Å². The van der Waals surface area contributed by atoms with E-state index in [9.17, 15) is 23.5 Å². The van der Waals surface area contributed by atoms with Crippen molar-refractivity contribution in [2.45, 2.75) is 51.1 Å². The zero-order valence-corrected chi connectivity index (χ0v) is 25.9. The fourth-order valence-corrected chi connectivity index (χ4v) is 5.65. The van der Waals surface area contributed by atoms with Gasteiger partial charge in [-0.05, 0) is 53.0 Å². The lowest BCUT2D eigenvalue weighted by molar-refractivity contribution is -0.132. The van der Waals surface area contributed by atoms with E-state index in [2.05, 4.69) is 23.7 Å². The summed E-state index contributed by atoms with van der Waals surface area (Å²) in [7, 11) is 0. The smallest absolute Gasteiger partial charge is 0.279 e. The topological polar surface area (TPSA) is 78.7 Å². The van der Waals surface area contributed by atoms with Crippen LogP contribution < -0.4 is 5.56 Å². The Labute approximate surface area is 261 Å². The maximum absolute atomic E-state index is 13.8. The normalized spacial score (nSPS) is 11.2. The first-order valence-corrected chi connectivity index (χ1v) is 15.6. The summed E-state index contributed by atoms with van der Waals surface area (Å²) in [6.07, 6.45) is 1.49. The maximum Gasteiger partial charge on any atom is 0.279 e. The number of amides is 1. The fraction of sp³-hybridized carbons (Fsp3) is 0.324. The van der Waals surface area contributed by atoms with Gasteiger partial charge < -0.3 is 19.5 Å². The summed E-state index contributed by atoms with van der Waals surface area (Å²) in [5, 5.41) is 10.1. The van der Waals surface area contributed by atoms with Gasteiger partial charge in [0, 0.05) is 31.6 Å². The highest BCUT2D eigenvalue weighted by Gasteiger charge is 2.19. The summed E-state index contributed by atoms with van der Waals surface area (Å²) in [5.74, 6) is -0.0622. The van der Waals surface area contributed by atoms with E-state index in [0.29, 0.717) is 36.1 Å². The van der Waals surface area contributed by atoms with E-state index < -0.39 is 18.8 Å². The average Bonchev–Trinajstić information content (AvgIpc) is 3.05. The molecule has 4 rings (SSSR count). The van der Waals surface area contributed by atoms with Crippen molar-refractivity contribution in [1.29, 1.82) is 0 Å². The molecular weight excluding hydrogens is 582 g/mol. The predicted octanol–water partition coefficient (Wildman–Crippen LogP) is 5.67. The summed E-state index contributed by atoms with van der Waals surface area (Å²) in [4.78, 5) is 34.5. The van der Waals surface area contributed by atoms with Gasteiger partial charge in [0.15, 0.2) is 5.16 Å². The second kappa shape index (κ2) is 16.3. The number of carbonyl (C=O) groups is 1. The van der Waals surface area contributed by atoms with Gasteiger partial charge in [-0.3, -0.25) is 9.59 Å². The van der Waals surface area contributed by atoms with Crippen molar-refractivity contribution in [2.24, 2.45) is 0 Å². The number of thioether (sulfide) groups is 1. The Morgan fingerprint density at radius 3 is 2.05 bits per heavy atom. The number of carbonyl (C=O) groups excluding carboxylic acids is 1. The zero-order chi connectivity index (χ0) is 31.5. The number of hydrogen-bond acceptors (Lipinski definition) is 6. The van der Waals surface area contributed by atoms with Crippen LogP contribution in [-0.4, -0.2) is 56.5 Å². The third kappa shape index (κ3) is 9.07. The number of halogens is 2. The van der Waals surface area contributed by atoms with Gasteiger partial charge in [-0.1, -0.05) is 86.3 Å². The van der Waals surface area contributed by atoms with E-state index in [1.165, 1.54) is 30.1 Å². The van der Waals surface area contributed by atoms with Crippen molar-refractivity contribution in [2.75, 3.05) is 26.2 Å². The van der Waals surface area contributed by atoms with Crippen molar-refractivity contribution < 1.29 is 18.7 Å². The molecule has 1 amide bonds. The molecule has 1 aromatic heterocycles. The highest BCUT2D eigenvalue weighted by Crippen LogP contribution is 2.23. The van der Waals surface area contributed by atoms with Crippen LogP contribution >= 0.6 is 11.8 Å². The maximum atomic E-state index is 13.8. The highest BCUT2D eigenvalue weighted by atomic mass is 32.2. The van der Waals surface area contributed by atoms with Gasteiger partial charge in [0.1, 0.15) is 19.0 Å². The van der Waals surface area contributed by atoms with Crippen LogP contribution in [0.25, 0.3) is 11.1 Å². The molecule has 0 bridgehead atoms. The zero-order valence-electron chi connectivity index (χ0n) is 25.1. The number of likely N-dealkylation sites (N-methyl/N-ethyl adjacent to an activating group) is 1. The van der Waals surface area contributed by atoms with Gasteiger partial charge >= 0.3 is 0 Å². The molecule has 44 heavy (non-hydrogen) atoms. The summed E-state index contributed by atoms with van der Waals surface area (Å²) in [6.45, 7) is 6.44. The molecule has 0 aliphatic carbocycles. The molecule has 0 atom stereocenters. The molecule has 4 aromatic rings. The molecule has 232 valence electrons. The summed E-state index contributed by atoms with van der Waals surface area (Å²) < 4.78 is 27.9. The molecule has 0 fully saturated rings.